The van der Waals surface area contributed by atoms with E-state index in [4.69, 9.17) is 27.9 Å². The highest BCUT2D eigenvalue weighted by atomic mass is 35.5. The van der Waals surface area contributed by atoms with Gasteiger partial charge in [0.1, 0.15) is 11.6 Å². The van der Waals surface area contributed by atoms with Gasteiger partial charge in [-0.25, -0.2) is 0 Å². The van der Waals surface area contributed by atoms with Gasteiger partial charge in [-0.1, -0.05) is 48.8 Å². The first-order valence-corrected chi connectivity index (χ1v) is 11.1. The summed E-state index contributed by atoms with van der Waals surface area (Å²) in [5.41, 5.74) is 0. The number of thioether (sulfide) groups is 1. The molecule has 0 bridgehead atoms. The first-order valence-electron chi connectivity index (χ1n) is 9.17. The van der Waals surface area contributed by atoms with E-state index in [1.165, 1.54) is 0 Å². The van der Waals surface area contributed by atoms with Crippen LogP contribution in [0.5, 0.6) is 5.75 Å². The van der Waals surface area contributed by atoms with Crippen molar-refractivity contribution in [3.05, 3.63) is 34.1 Å². The van der Waals surface area contributed by atoms with E-state index < -0.39 is 6.10 Å². The number of ether oxygens (including phenoxy) is 1. The number of benzene rings is 1. The van der Waals surface area contributed by atoms with Crippen LogP contribution in [0.2, 0.25) is 10.0 Å². The zero-order valence-electron chi connectivity index (χ0n) is 16.5. The normalized spacial score (nSPS) is 12.2. The topological polar surface area (TPSA) is 69.0 Å². The number of aryl methyl sites for hydroxylation is 1. The van der Waals surface area contributed by atoms with E-state index in [2.05, 4.69) is 33.9 Å². The molecule has 0 saturated carbocycles. The largest absolute Gasteiger partial charge is 0.479 e. The van der Waals surface area contributed by atoms with E-state index in [-0.39, 0.29) is 5.91 Å². The molecule has 2 rings (SSSR count). The first kappa shape index (κ1) is 22.8. The first-order chi connectivity index (χ1) is 13.3. The minimum atomic E-state index is -0.661. The molecule has 0 saturated heterocycles. The fourth-order valence-corrected chi connectivity index (χ4v) is 3.60. The SMILES string of the molecule is CSc1nnc(CCCNC(=O)C(C)Oc2ccc(Cl)cc2Cl)n1CC(C)C. The molecule has 1 N–H and O–H groups in total. The molecule has 2 aromatic rings. The third-order valence-electron chi connectivity index (χ3n) is 3.97. The number of halogens is 2. The van der Waals surface area contributed by atoms with E-state index in [0.29, 0.717) is 28.3 Å². The van der Waals surface area contributed by atoms with Crippen molar-refractivity contribution < 1.29 is 9.53 Å². The lowest BCUT2D eigenvalue weighted by Gasteiger charge is -2.16. The van der Waals surface area contributed by atoms with Crippen LogP contribution in [0.4, 0.5) is 0 Å². The summed E-state index contributed by atoms with van der Waals surface area (Å²) in [7, 11) is 0. The Morgan fingerprint density at radius 2 is 2.04 bits per heavy atom. The molecule has 0 aliphatic heterocycles. The number of nitrogens with one attached hydrogen (secondary N) is 1. The maximum Gasteiger partial charge on any atom is 0.260 e. The highest BCUT2D eigenvalue weighted by Gasteiger charge is 2.16. The maximum absolute atomic E-state index is 12.3. The number of carbonyl (C=O) groups excluding carboxylic acids is 1. The molecule has 0 spiro atoms. The lowest BCUT2D eigenvalue weighted by Crippen LogP contribution is -2.37. The Balaban J connectivity index is 1.81. The molecular weight excluding hydrogens is 419 g/mol. The summed E-state index contributed by atoms with van der Waals surface area (Å²) < 4.78 is 7.78. The van der Waals surface area contributed by atoms with Crippen LogP contribution in [0.15, 0.2) is 23.4 Å². The fraction of sp³-hybridized carbons (Fsp3) is 0.526. The molecule has 0 fully saturated rings. The summed E-state index contributed by atoms with van der Waals surface area (Å²) in [6.07, 6.45) is 2.86. The molecule has 1 atom stereocenters. The molecule has 0 aliphatic carbocycles. The minimum Gasteiger partial charge on any atom is -0.479 e. The predicted molar refractivity (Wildman–Crippen MR) is 115 cm³/mol. The van der Waals surface area contributed by atoms with Crippen LogP contribution in [0.3, 0.4) is 0 Å². The standard InChI is InChI=1S/C19H26Cl2N4O2S/c1-12(2)11-25-17(23-24-19(25)28-4)6-5-9-22-18(26)13(3)27-16-8-7-14(20)10-15(16)21/h7-8,10,12-13H,5-6,9,11H2,1-4H3,(H,22,26). The number of aromatic nitrogens is 3. The molecule has 1 aromatic carbocycles. The van der Waals surface area contributed by atoms with Crippen molar-refractivity contribution in [2.45, 2.75) is 51.4 Å². The molecule has 0 aliphatic rings. The van der Waals surface area contributed by atoms with Crippen LogP contribution in [0.25, 0.3) is 0 Å². The summed E-state index contributed by atoms with van der Waals surface area (Å²) in [5.74, 6) is 1.70. The summed E-state index contributed by atoms with van der Waals surface area (Å²) in [4.78, 5) is 12.3. The monoisotopic (exact) mass is 444 g/mol. The third kappa shape index (κ3) is 6.57. The van der Waals surface area contributed by atoms with Gasteiger partial charge in [0.2, 0.25) is 0 Å². The van der Waals surface area contributed by atoms with Gasteiger partial charge in [-0.05, 0) is 43.7 Å². The van der Waals surface area contributed by atoms with E-state index >= 15 is 0 Å². The van der Waals surface area contributed by atoms with Gasteiger partial charge in [0.05, 0.1) is 5.02 Å². The second kappa shape index (κ2) is 10.9. The Kier molecular flexibility index (Phi) is 8.92. The number of rotatable bonds is 10. The van der Waals surface area contributed by atoms with Gasteiger partial charge in [0, 0.05) is 24.5 Å². The zero-order chi connectivity index (χ0) is 20.7. The van der Waals surface area contributed by atoms with E-state index in [9.17, 15) is 4.79 Å². The average Bonchev–Trinajstić information content (AvgIpc) is 3.01. The summed E-state index contributed by atoms with van der Waals surface area (Å²) in [6, 6.07) is 4.90. The van der Waals surface area contributed by atoms with Crippen molar-refractivity contribution in [1.29, 1.82) is 0 Å². The van der Waals surface area contributed by atoms with Crippen LogP contribution < -0.4 is 10.1 Å². The molecule has 1 aromatic heterocycles. The van der Waals surface area contributed by atoms with Crippen LogP contribution in [0, 0.1) is 5.92 Å². The number of hydrogen-bond acceptors (Lipinski definition) is 5. The summed E-state index contributed by atoms with van der Waals surface area (Å²) >= 11 is 13.5. The van der Waals surface area contributed by atoms with Gasteiger partial charge >= 0.3 is 0 Å². The number of carbonyl (C=O) groups is 1. The lowest BCUT2D eigenvalue weighted by atomic mass is 10.2. The van der Waals surface area contributed by atoms with Gasteiger partial charge < -0.3 is 14.6 Å². The smallest absolute Gasteiger partial charge is 0.260 e. The van der Waals surface area contributed by atoms with Crippen LogP contribution in [-0.4, -0.2) is 39.6 Å². The second-order valence-corrected chi connectivity index (χ2v) is 8.45. The van der Waals surface area contributed by atoms with Crippen molar-refractivity contribution in [1.82, 2.24) is 20.1 Å². The Hall–Kier alpha value is -1.44. The van der Waals surface area contributed by atoms with Crippen molar-refractivity contribution >= 4 is 40.9 Å². The zero-order valence-corrected chi connectivity index (χ0v) is 18.9. The van der Waals surface area contributed by atoms with Crippen molar-refractivity contribution in [2.24, 2.45) is 5.92 Å². The average molecular weight is 445 g/mol. The summed E-state index contributed by atoms with van der Waals surface area (Å²) in [5, 5.41) is 13.2. The quantitative estimate of drug-likeness (QED) is 0.432. The van der Waals surface area contributed by atoms with Crippen molar-refractivity contribution in [2.75, 3.05) is 12.8 Å². The van der Waals surface area contributed by atoms with Gasteiger partial charge in [0.15, 0.2) is 11.3 Å². The Morgan fingerprint density at radius 1 is 1.29 bits per heavy atom. The van der Waals surface area contributed by atoms with Crippen LogP contribution >= 0.6 is 35.0 Å². The molecule has 0 radical (unpaired) electrons. The number of hydrogen-bond donors (Lipinski definition) is 1. The molecule has 28 heavy (non-hydrogen) atoms. The van der Waals surface area contributed by atoms with Crippen LogP contribution in [-0.2, 0) is 17.8 Å². The van der Waals surface area contributed by atoms with Gasteiger partial charge in [0.25, 0.3) is 5.91 Å². The van der Waals surface area contributed by atoms with E-state index in [1.807, 2.05) is 6.26 Å². The Morgan fingerprint density at radius 3 is 2.68 bits per heavy atom. The van der Waals surface area contributed by atoms with Crippen molar-refractivity contribution in [3.8, 4) is 5.75 Å². The van der Waals surface area contributed by atoms with Gasteiger partial charge in [-0.15, -0.1) is 10.2 Å². The second-order valence-electron chi connectivity index (χ2n) is 6.84. The number of amides is 1. The summed E-state index contributed by atoms with van der Waals surface area (Å²) in [6.45, 7) is 7.44. The minimum absolute atomic E-state index is 0.195. The van der Waals surface area contributed by atoms with E-state index in [0.717, 1.165) is 30.4 Å². The lowest BCUT2D eigenvalue weighted by molar-refractivity contribution is -0.127. The Bertz CT molecular complexity index is 798. The predicted octanol–water partition coefficient (Wildman–Crippen LogP) is 4.48. The number of nitrogens with zero attached hydrogens (tertiary/aromatic N) is 3. The van der Waals surface area contributed by atoms with Crippen molar-refractivity contribution in [3.63, 3.8) is 0 Å². The molecular formula is C19H26Cl2N4O2S. The fourth-order valence-electron chi connectivity index (χ4n) is 2.62. The maximum atomic E-state index is 12.3. The molecule has 1 heterocycles. The van der Waals surface area contributed by atoms with Gasteiger partial charge in [-0.3, -0.25) is 4.79 Å². The molecule has 1 unspecified atom stereocenters. The Labute approximate surface area is 180 Å². The highest BCUT2D eigenvalue weighted by molar-refractivity contribution is 7.98. The van der Waals surface area contributed by atoms with Crippen LogP contribution in [0.1, 0.15) is 33.0 Å². The van der Waals surface area contributed by atoms with E-state index in [1.54, 1.807) is 36.9 Å². The molecule has 9 heteroatoms. The third-order valence-corrected chi connectivity index (χ3v) is 5.16. The molecule has 154 valence electrons. The molecule has 1 amide bonds. The highest BCUT2D eigenvalue weighted by Crippen LogP contribution is 2.28. The van der Waals surface area contributed by atoms with Gasteiger partial charge in [-0.2, -0.15) is 0 Å². The molecule has 6 nitrogen and oxygen atoms in total.